The maximum atomic E-state index is 11.3. The molecule has 0 fully saturated rings. The molecule has 0 N–H and O–H groups in total. The Morgan fingerprint density at radius 1 is 1.20 bits per heavy atom. The van der Waals surface area contributed by atoms with E-state index in [-0.39, 0.29) is 41.3 Å². The Labute approximate surface area is 144 Å². The Morgan fingerprint density at radius 3 is 2.00 bits per heavy atom. The Morgan fingerprint density at radius 2 is 1.65 bits per heavy atom. The van der Waals surface area contributed by atoms with E-state index in [4.69, 9.17) is 11.8 Å². The summed E-state index contributed by atoms with van der Waals surface area (Å²) in [7, 11) is 1.36. The number of nitrogens with zero attached hydrogens (tertiary/aromatic N) is 1. The quantitative estimate of drug-likeness (QED) is 0.364. The van der Waals surface area contributed by atoms with Gasteiger partial charge in [-0.2, -0.15) is 0 Å². The fraction of sp³-hybridized carbons (Fsp3) is 0.333. The first-order valence-corrected chi connectivity index (χ1v) is 5.45. The molecule has 0 atom stereocenters. The van der Waals surface area contributed by atoms with Gasteiger partial charge < -0.3 is 21.7 Å². The average Bonchev–Trinajstić information content (AvgIpc) is 2.37. The topological polar surface area (TPSA) is 56.1 Å². The van der Waals surface area contributed by atoms with Crippen LogP contribution in [0.15, 0.2) is 42.0 Å². The molecule has 106 valence electrons. The van der Waals surface area contributed by atoms with E-state index in [9.17, 15) is 5.11 Å². The van der Waals surface area contributed by atoms with Crippen LogP contribution in [0.3, 0.4) is 0 Å². The Hall–Kier alpha value is -1.05. The van der Waals surface area contributed by atoms with Crippen molar-refractivity contribution >= 4 is 24.4 Å². The molecule has 5 heteroatoms. The van der Waals surface area contributed by atoms with Gasteiger partial charge in [-0.15, -0.1) is 0 Å². The molecule has 1 rings (SSSR count). The van der Waals surface area contributed by atoms with Crippen molar-refractivity contribution in [2.45, 2.75) is 20.8 Å². The van der Waals surface area contributed by atoms with Crippen molar-refractivity contribution in [1.82, 2.24) is 0 Å². The fourth-order valence-electron chi connectivity index (χ4n) is 1.45. The normalized spacial score (nSPS) is 8.50. The van der Waals surface area contributed by atoms with E-state index in [0.717, 1.165) is 11.1 Å². The van der Waals surface area contributed by atoms with E-state index in [2.05, 4.69) is 10.5 Å². The predicted molar refractivity (Wildman–Crippen MR) is 74.1 cm³/mol. The zero-order valence-corrected chi connectivity index (χ0v) is 13.4. The number of benzene rings is 1. The molecule has 0 amide bonds. The number of methoxy groups -OCH3 is 1. The SMILES string of the molecule is COC([O-])=C=C(c1ccccc1)C(C)(C)C.[C-]#N.[Cu+2].[Li]. The summed E-state index contributed by atoms with van der Waals surface area (Å²) in [5.74, 6) is -0.436. The second-order valence-electron chi connectivity index (χ2n) is 4.61. The minimum atomic E-state index is -0.436. The fourth-order valence-corrected chi connectivity index (χ4v) is 1.45. The van der Waals surface area contributed by atoms with Crippen LogP contribution in [0.1, 0.15) is 26.3 Å². The van der Waals surface area contributed by atoms with Crippen molar-refractivity contribution in [2.24, 2.45) is 5.41 Å². The molecular weight excluding hydrogens is 297 g/mol. The molecule has 20 heavy (non-hydrogen) atoms. The van der Waals surface area contributed by atoms with Crippen LogP contribution in [0, 0.1) is 17.2 Å². The van der Waals surface area contributed by atoms with Crippen LogP contribution in [0.2, 0.25) is 0 Å². The predicted octanol–water partition coefficient (Wildman–Crippen LogP) is 2.28. The molecule has 0 saturated carbocycles. The van der Waals surface area contributed by atoms with E-state index in [1.54, 1.807) is 0 Å². The molecule has 0 aliphatic rings. The number of ether oxygens (including phenoxy) is 1. The molecule has 0 heterocycles. The van der Waals surface area contributed by atoms with Crippen molar-refractivity contribution in [1.29, 1.82) is 5.26 Å². The van der Waals surface area contributed by atoms with Crippen molar-refractivity contribution < 1.29 is 26.9 Å². The first kappa shape index (κ1) is 24.0. The van der Waals surface area contributed by atoms with Gasteiger partial charge in [0.25, 0.3) is 0 Å². The summed E-state index contributed by atoms with van der Waals surface area (Å²) in [4.78, 5) is 0. The third-order valence-corrected chi connectivity index (χ3v) is 2.22. The van der Waals surface area contributed by atoms with Gasteiger partial charge in [0.2, 0.25) is 0 Å². The molecule has 3 nitrogen and oxygen atoms in total. The second-order valence-corrected chi connectivity index (χ2v) is 4.61. The molecule has 0 bridgehead atoms. The summed E-state index contributed by atoms with van der Waals surface area (Å²) in [5, 5.41) is 17.5. The van der Waals surface area contributed by atoms with Gasteiger partial charge in [0, 0.05) is 24.4 Å². The third kappa shape index (κ3) is 8.18. The van der Waals surface area contributed by atoms with Gasteiger partial charge >= 0.3 is 17.1 Å². The number of rotatable bonds is 2. The van der Waals surface area contributed by atoms with Gasteiger partial charge in [0.05, 0.1) is 5.95 Å². The second kappa shape index (κ2) is 11.7. The minimum absolute atomic E-state index is 0. The summed E-state index contributed by atoms with van der Waals surface area (Å²) < 4.78 is 4.63. The molecule has 0 aromatic heterocycles. The zero-order chi connectivity index (χ0) is 14.2. The zero-order valence-electron chi connectivity index (χ0n) is 12.5. The number of allylic oxidation sites excluding steroid dienone is 1. The standard InChI is InChI=1S/C14H18O2.CN.Cu.Li/c1-14(2,3)12(10-13(15)16-4)11-8-6-5-7-9-11;1-2;;/h5-9,15H,1-4H3;;;/q;-1;+2;/p-1. The van der Waals surface area contributed by atoms with Crippen LogP contribution in [-0.2, 0) is 21.8 Å². The van der Waals surface area contributed by atoms with E-state index < -0.39 is 5.95 Å². The minimum Gasteiger partial charge on any atom is -0.611 e. The summed E-state index contributed by atoms with van der Waals surface area (Å²) in [6, 6.07) is 9.77. The van der Waals surface area contributed by atoms with Crippen molar-refractivity contribution in [3.63, 3.8) is 0 Å². The molecule has 0 saturated heterocycles. The summed E-state index contributed by atoms with van der Waals surface area (Å²) >= 11 is 0. The third-order valence-electron chi connectivity index (χ3n) is 2.22. The first-order valence-electron chi connectivity index (χ1n) is 5.45. The van der Waals surface area contributed by atoms with Gasteiger partial charge in [0.1, 0.15) is 0 Å². The van der Waals surface area contributed by atoms with Gasteiger partial charge in [-0.25, -0.2) is 0 Å². The molecule has 2 radical (unpaired) electrons. The summed E-state index contributed by atoms with van der Waals surface area (Å²) in [6.07, 6.45) is 0. The van der Waals surface area contributed by atoms with Crippen molar-refractivity contribution in [3.8, 4) is 0 Å². The van der Waals surface area contributed by atoms with Crippen LogP contribution >= 0.6 is 0 Å². The monoisotopic (exact) mass is 313 g/mol. The van der Waals surface area contributed by atoms with Crippen LogP contribution in [0.4, 0.5) is 0 Å². The van der Waals surface area contributed by atoms with E-state index in [1.165, 1.54) is 7.11 Å². The molecule has 0 unspecified atom stereocenters. The van der Waals surface area contributed by atoms with Crippen LogP contribution < -0.4 is 5.11 Å². The maximum absolute atomic E-state index is 11.3. The molecule has 1 aromatic rings. The molecular formula is C15H17CuLiNO2. The van der Waals surface area contributed by atoms with Gasteiger partial charge in [-0.05, 0) is 18.1 Å². The van der Waals surface area contributed by atoms with Crippen LogP contribution in [-0.4, -0.2) is 26.0 Å². The molecule has 0 aliphatic carbocycles. The number of hydrogen-bond acceptors (Lipinski definition) is 3. The molecule has 0 aliphatic heterocycles. The first-order chi connectivity index (χ1) is 8.45. The summed E-state index contributed by atoms with van der Waals surface area (Å²) in [5.41, 5.74) is 4.50. The molecule has 0 spiro atoms. The maximum Gasteiger partial charge on any atom is 2.00 e. The van der Waals surface area contributed by atoms with Crippen molar-refractivity contribution in [2.75, 3.05) is 7.11 Å². The Balaban J connectivity index is -0.000000689. The van der Waals surface area contributed by atoms with Gasteiger partial charge in [-0.3, -0.25) is 0 Å². The average molecular weight is 314 g/mol. The Kier molecular flexibility index (Phi) is 14.1. The smallest absolute Gasteiger partial charge is 0.611 e. The van der Waals surface area contributed by atoms with Gasteiger partial charge in [-0.1, -0.05) is 56.8 Å². The molecule has 1 aromatic carbocycles. The van der Waals surface area contributed by atoms with E-state index in [1.807, 2.05) is 51.1 Å². The largest absolute Gasteiger partial charge is 2.00 e. The van der Waals surface area contributed by atoms with E-state index >= 15 is 0 Å². The Bertz CT molecular complexity index is 458. The van der Waals surface area contributed by atoms with Gasteiger partial charge in [0.15, 0.2) is 0 Å². The van der Waals surface area contributed by atoms with Crippen LogP contribution in [0.25, 0.3) is 5.57 Å². The summed E-state index contributed by atoms with van der Waals surface area (Å²) in [6.45, 7) is 10.9. The number of hydrogen-bond donors (Lipinski definition) is 0. The van der Waals surface area contributed by atoms with Crippen LogP contribution in [0.5, 0.6) is 0 Å². The van der Waals surface area contributed by atoms with E-state index in [0.29, 0.717) is 0 Å². The van der Waals surface area contributed by atoms with Crippen molar-refractivity contribution in [3.05, 3.63) is 54.1 Å².